The number of esters is 1. The second kappa shape index (κ2) is 12.8. The first-order valence-corrected chi connectivity index (χ1v) is 9.10. The van der Waals surface area contributed by atoms with Crippen LogP contribution in [0.2, 0.25) is 0 Å². The van der Waals surface area contributed by atoms with Gasteiger partial charge in [0.2, 0.25) is 0 Å². The summed E-state index contributed by atoms with van der Waals surface area (Å²) in [6.45, 7) is 9.30. The number of ether oxygens (including phenoxy) is 1. The Morgan fingerprint density at radius 2 is 1.96 bits per heavy atom. The van der Waals surface area contributed by atoms with Crippen LogP contribution in [0.25, 0.3) is 0 Å². The van der Waals surface area contributed by atoms with Gasteiger partial charge in [-0.05, 0) is 50.4 Å². The molecule has 1 rings (SSSR count). The Kier molecular flexibility index (Phi) is 12.5. The van der Waals surface area contributed by atoms with E-state index in [0.29, 0.717) is 11.8 Å². The van der Waals surface area contributed by atoms with Crippen LogP contribution in [0.3, 0.4) is 0 Å². The molecule has 1 aliphatic rings. The monoisotopic (exact) mass is 453 g/mol. The minimum Gasteiger partial charge on any atom is -0.469 e. The number of carbonyl (C=O) groups is 1. The van der Waals surface area contributed by atoms with Gasteiger partial charge in [0.1, 0.15) is 0 Å². The van der Waals surface area contributed by atoms with Crippen molar-refractivity contribution in [3.8, 4) is 0 Å². The zero-order valence-corrected chi connectivity index (χ0v) is 18.2. The standard InChI is InChI=1S/C18H35N3O2.HI/c1-5-19-17(20-12-7-6-9-16(22)23-4)21-14-18(10-8-11-18)13-15(2)3;/h15H,5-14H2,1-4H3,(H2,19,20,21);1H. The largest absolute Gasteiger partial charge is 0.469 e. The highest BCUT2D eigenvalue weighted by Crippen LogP contribution is 2.46. The first-order chi connectivity index (χ1) is 11.0. The number of hydrogen-bond acceptors (Lipinski definition) is 3. The Balaban J connectivity index is 0.00000529. The van der Waals surface area contributed by atoms with Gasteiger partial charge in [0.25, 0.3) is 0 Å². The quantitative estimate of drug-likeness (QED) is 0.174. The minimum atomic E-state index is -0.133. The first kappa shape index (κ1) is 23.5. The molecule has 24 heavy (non-hydrogen) atoms. The van der Waals surface area contributed by atoms with Crippen LogP contribution in [0.5, 0.6) is 0 Å². The zero-order chi connectivity index (χ0) is 17.1. The summed E-state index contributed by atoms with van der Waals surface area (Å²) in [5, 5.41) is 6.69. The summed E-state index contributed by atoms with van der Waals surface area (Å²) in [6, 6.07) is 0. The third kappa shape index (κ3) is 9.08. The molecule has 6 heteroatoms. The summed E-state index contributed by atoms with van der Waals surface area (Å²) in [5.74, 6) is 1.51. The van der Waals surface area contributed by atoms with Gasteiger partial charge >= 0.3 is 5.97 Å². The molecule has 0 bridgehead atoms. The van der Waals surface area contributed by atoms with E-state index in [1.807, 2.05) is 0 Å². The van der Waals surface area contributed by atoms with Crippen LogP contribution in [-0.2, 0) is 9.53 Å². The molecule has 0 saturated heterocycles. The summed E-state index contributed by atoms with van der Waals surface area (Å²) in [5.41, 5.74) is 0.432. The fraction of sp³-hybridized carbons (Fsp3) is 0.889. The van der Waals surface area contributed by atoms with E-state index in [-0.39, 0.29) is 29.9 Å². The van der Waals surface area contributed by atoms with Gasteiger partial charge in [-0.1, -0.05) is 20.3 Å². The highest BCUT2D eigenvalue weighted by Gasteiger charge is 2.37. The van der Waals surface area contributed by atoms with Crippen LogP contribution < -0.4 is 10.6 Å². The van der Waals surface area contributed by atoms with Crippen molar-refractivity contribution >= 4 is 35.9 Å². The predicted molar refractivity (Wildman–Crippen MR) is 111 cm³/mol. The van der Waals surface area contributed by atoms with E-state index in [1.54, 1.807) is 0 Å². The number of carbonyl (C=O) groups excluding carboxylic acids is 1. The van der Waals surface area contributed by atoms with Crippen LogP contribution in [-0.4, -0.2) is 38.7 Å². The van der Waals surface area contributed by atoms with Crippen LogP contribution in [0.15, 0.2) is 4.99 Å². The summed E-state index contributed by atoms with van der Waals surface area (Å²) >= 11 is 0. The highest BCUT2D eigenvalue weighted by molar-refractivity contribution is 14.0. The van der Waals surface area contributed by atoms with Crippen molar-refractivity contribution in [3.05, 3.63) is 0 Å². The third-order valence-corrected chi connectivity index (χ3v) is 4.50. The summed E-state index contributed by atoms with van der Waals surface area (Å²) < 4.78 is 4.65. The molecule has 0 amide bonds. The highest BCUT2D eigenvalue weighted by atomic mass is 127. The number of nitrogens with zero attached hydrogens (tertiary/aromatic N) is 1. The molecule has 0 aromatic rings. The molecule has 5 nitrogen and oxygen atoms in total. The molecule has 0 aromatic heterocycles. The molecule has 1 aliphatic carbocycles. The second-order valence-electron chi connectivity index (χ2n) is 7.11. The molecule has 0 unspecified atom stereocenters. The number of aliphatic imine (C=N–C) groups is 1. The van der Waals surface area contributed by atoms with Crippen molar-refractivity contribution in [1.82, 2.24) is 10.6 Å². The van der Waals surface area contributed by atoms with E-state index in [0.717, 1.165) is 44.4 Å². The average Bonchev–Trinajstić information content (AvgIpc) is 2.48. The summed E-state index contributed by atoms with van der Waals surface area (Å²) in [6.07, 6.45) is 7.52. The van der Waals surface area contributed by atoms with Gasteiger partial charge in [-0.15, -0.1) is 24.0 Å². The number of guanidine groups is 1. The topological polar surface area (TPSA) is 62.7 Å². The molecular weight excluding hydrogens is 417 g/mol. The van der Waals surface area contributed by atoms with Crippen molar-refractivity contribution in [2.24, 2.45) is 16.3 Å². The van der Waals surface area contributed by atoms with E-state index >= 15 is 0 Å². The van der Waals surface area contributed by atoms with Gasteiger partial charge in [-0.2, -0.15) is 0 Å². The molecule has 1 saturated carbocycles. The van der Waals surface area contributed by atoms with Gasteiger partial charge in [-0.3, -0.25) is 9.79 Å². The Morgan fingerprint density at radius 1 is 1.25 bits per heavy atom. The number of nitrogens with one attached hydrogen (secondary N) is 2. The average molecular weight is 453 g/mol. The number of halogens is 1. The molecule has 0 atom stereocenters. The van der Waals surface area contributed by atoms with Crippen molar-refractivity contribution in [2.75, 3.05) is 26.7 Å². The number of hydrogen-bond donors (Lipinski definition) is 2. The Bertz CT molecular complexity index is 382. The van der Waals surface area contributed by atoms with Gasteiger partial charge in [0, 0.05) is 26.1 Å². The third-order valence-electron chi connectivity index (χ3n) is 4.50. The van der Waals surface area contributed by atoms with E-state index in [2.05, 4.69) is 36.1 Å². The Hall–Kier alpha value is -0.530. The minimum absolute atomic E-state index is 0. The SMILES string of the molecule is CCNC(=NCC1(CC(C)C)CCC1)NCCCCC(=O)OC.I. The lowest BCUT2D eigenvalue weighted by atomic mass is 9.64. The lowest BCUT2D eigenvalue weighted by Crippen LogP contribution is -2.40. The van der Waals surface area contributed by atoms with E-state index in [9.17, 15) is 4.79 Å². The lowest BCUT2D eigenvalue weighted by molar-refractivity contribution is -0.140. The summed E-state index contributed by atoms with van der Waals surface area (Å²) in [4.78, 5) is 15.9. The molecule has 2 N–H and O–H groups in total. The maximum absolute atomic E-state index is 11.1. The van der Waals surface area contributed by atoms with Crippen LogP contribution in [0.1, 0.15) is 65.7 Å². The lowest BCUT2D eigenvalue weighted by Gasteiger charge is -2.42. The Labute approximate surface area is 164 Å². The fourth-order valence-electron chi connectivity index (χ4n) is 3.26. The molecule has 0 spiro atoms. The molecule has 0 radical (unpaired) electrons. The fourth-order valence-corrected chi connectivity index (χ4v) is 3.26. The molecule has 142 valence electrons. The maximum Gasteiger partial charge on any atom is 0.305 e. The van der Waals surface area contributed by atoms with Gasteiger partial charge in [0.05, 0.1) is 7.11 Å². The molecule has 0 heterocycles. The van der Waals surface area contributed by atoms with E-state index < -0.39 is 0 Å². The van der Waals surface area contributed by atoms with Crippen molar-refractivity contribution in [1.29, 1.82) is 0 Å². The van der Waals surface area contributed by atoms with Gasteiger partial charge in [-0.25, -0.2) is 0 Å². The second-order valence-corrected chi connectivity index (χ2v) is 7.11. The first-order valence-electron chi connectivity index (χ1n) is 9.10. The molecule has 0 aromatic carbocycles. The van der Waals surface area contributed by atoms with Gasteiger partial charge in [0.15, 0.2) is 5.96 Å². The van der Waals surface area contributed by atoms with E-state index in [1.165, 1.54) is 32.8 Å². The summed E-state index contributed by atoms with van der Waals surface area (Å²) in [7, 11) is 1.43. The Morgan fingerprint density at radius 3 is 2.46 bits per heavy atom. The van der Waals surface area contributed by atoms with Crippen LogP contribution in [0, 0.1) is 11.3 Å². The van der Waals surface area contributed by atoms with Crippen LogP contribution >= 0.6 is 24.0 Å². The zero-order valence-electron chi connectivity index (χ0n) is 15.8. The smallest absolute Gasteiger partial charge is 0.305 e. The molecular formula is C18H36IN3O2. The molecule has 1 fully saturated rings. The van der Waals surface area contributed by atoms with Crippen molar-refractivity contribution in [3.63, 3.8) is 0 Å². The number of methoxy groups -OCH3 is 1. The maximum atomic E-state index is 11.1. The van der Waals surface area contributed by atoms with E-state index in [4.69, 9.17) is 4.99 Å². The van der Waals surface area contributed by atoms with Crippen molar-refractivity contribution < 1.29 is 9.53 Å². The van der Waals surface area contributed by atoms with Crippen LogP contribution in [0.4, 0.5) is 0 Å². The van der Waals surface area contributed by atoms with Crippen molar-refractivity contribution in [2.45, 2.75) is 65.7 Å². The molecule has 0 aliphatic heterocycles. The predicted octanol–water partition coefficient (Wildman–Crippen LogP) is 3.72. The van der Waals surface area contributed by atoms with Gasteiger partial charge < -0.3 is 15.4 Å². The normalized spacial score (nSPS) is 16.1. The number of unbranched alkanes of at least 4 members (excludes halogenated alkanes) is 1. The number of rotatable bonds is 10.